The minimum atomic E-state index is 0.604. The highest BCUT2D eigenvalue weighted by atomic mass is 16.5. The standard InChI is InChI=1S/C20H35NO2/c1-16(2)15-20(17(3)4)18-7-9-19(10-8-18)23-14-13-22-12-11-21(5)6/h7-10,16-17,20H,11-15H2,1-6H3. The van der Waals surface area contributed by atoms with Gasteiger partial charge in [0.25, 0.3) is 0 Å². The molecule has 1 aromatic carbocycles. The van der Waals surface area contributed by atoms with Crippen molar-refractivity contribution >= 4 is 0 Å². The van der Waals surface area contributed by atoms with Crippen molar-refractivity contribution in [3.63, 3.8) is 0 Å². The number of benzene rings is 1. The normalized spacial score (nSPS) is 13.1. The van der Waals surface area contributed by atoms with Crippen LogP contribution in [-0.4, -0.2) is 45.4 Å². The van der Waals surface area contributed by atoms with Crippen molar-refractivity contribution in [2.24, 2.45) is 11.8 Å². The molecule has 0 saturated heterocycles. The minimum Gasteiger partial charge on any atom is -0.491 e. The summed E-state index contributed by atoms with van der Waals surface area (Å²) in [5, 5.41) is 0. The molecule has 132 valence electrons. The van der Waals surface area contributed by atoms with Crippen LogP contribution in [0.2, 0.25) is 0 Å². The molecule has 0 heterocycles. The van der Waals surface area contributed by atoms with Gasteiger partial charge in [-0.1, -0.05) is 39.8 Å². The van der Waals surface area contributed by atoms with E-state index in [0.29, 0.717) is 25.0 Å². The zero-order valence-corrected chi connectivity index (χ0v) is 15.8. The van der Waals surface area contributed by atoms with Gasteiger partial charge in [-0.05, 0) is 56.0 Å². The summed E-state index contributed by atoms with van der Waals surface area (Å²) in [5.41, 5.74) is 1.42. The third-order valence-corrected chi connectivity index (χ3v) is 4.02. The smallest absolute Gasteiger partial charge is 0.119 e. The maximum absolute atomic E-state index is 5.75. The van der Waals surface area contributed by atoms with E-state index < -0.39 is 0 Å². The lowest BCUT2D eigenvalue weighted by atomic mass is 9.82. The van der Waals surface area contributed by atoms with Crippen LogP contribution in [0.1, 0.15) is 45.6 Å². The quantitative estimate of drug-likeness (QED) is 0.563. The molecule has 3 heteroatoms. The number of nitrogens with zero attached hydrogens (tertiary/aromatic N) is 1. The summed E-state index contributed by atoms with van der Waals surface area (Å²) in [4.78, 5) is 2.11. The zero-order valence-electron chi connectivity index (χ0n) is 15.8. The number of hydrogen-bond donors (Lipinski definition) is 0. The Balaban J connectivity index is 2.40. The van der Waals surface area contributed by atoms with E-state index in [1.165, 1.54) is 12.0 Å². The average Bonchev–Trinajstić information content (AvgIpc) is 2.48. The minimum absolute atomic E-state index is 0.604. The predicted octanol–water partition coefficient (Wildman–Crippen LogP) is 4.43. The zero-order chi connectivity index (χ0) is 17.2. The summed E-state index contributed by atoms with van der Waals surface area (Å²) >= 11 is 0. The van der Waals surface area contributed by atoms with Gasteiger partial charge in [-0.15, -0.1) is 0 Å². The van der Waals surface area contributed by atoms with E-state index in [1.807, 2.05) is 14.1 Å². The molecular weight excluding hydrogens is 286 g/mol. The van der Waals surface area contributed by atoms with Crippen molar-refractivity contribution in [1.82, 2.24) is 4.90 Å². The molecule has 1 atom stereocenters. The predicted molar refractivity (Wildman–Crippen MR) is 98.3 cm³/mol. The fourth-order valence-corrected chi connectivity index (χ4v) is 2.68. The third kappa shape index (κ3) is 8.38. The Morgan fingerprint density at radius 2 is 1.57 bits per heavy atom. The van der Waals surface area contributed by atoms with Gasteiger partial charge in [-0.2, -0.15) is 0 Å². The molecule has 0 aliphatic heterocycles. The van der Waals surface area contributed by atoms with Gasteiger partial charge in [0.1, 0.15) is 12.4 Å². The van der Waals surface area contributed by atoms with E-state index in [1.54, 1.807) is 0 Å². The van der Waals surface area contributed by atoms with Gasteiger partial charge < -0.3 is 14.4 Å². The summed E-state index contributed by atoms with van der Waals surface area (Å²) in [6.07, 6.45) is 1.23. The van der Waals surface area contributed by atoms with Gasteiger partial charge in [0.2, 0.25) is 0 Å². The Bertz CT molecular complexity index is 412. The van der Waals surface area contributed by atoms with Crippen molar-refractivity contribution < 1.29 is 9.47 Å². The molecule has 1 aromatic rings. The monoisotopic (exact) mass is 321 g/mol. The van der Waals surface area contributed by atoms with E-state index in [0.717, 1.165) is 24.8 Å². The van der Waals surface area contributed by atoms with Crippen molar-refractivity contribution in [1.29, 1.82) is 0 Å². The summed E-state index contributed by atoms with van der Waals surface area (Å²) in [5.74, 6) is 2.93. The molecular formula is C20H35NO2. The lowest BCUT2D eigenvalue weighted by Crippen LogP contribution is -2.19. The first-order valence-corrected chi connectivity index (χ1v) is 8.85. The Morgan fingerprint density at radius 3 is 2.09 bits per heavy atom. The molecule has 0 saturated carbocycles. The first-order chi connectivity index (χ1) is 10.9. The summed E-state index contributed by atoms with van der Waals surface area (Å²) < 4.78 is 11.3. The molecule has 0 radical (unpaired) electrons. The Kier molecular flexibility index (Phi) is 9.27. The van der Waals surface area contributed by atoms with Gasteiger partial charge >= 0.3 is 0 Å². The highest BCUT2D eigenvalue weighted by molar-refractivity contribution is 5.29. The van der Waals surface area contributed by atoms with Crippen LogP contribution < -0.4 is 4.74 Å². The largest absolute Gasteiger partial charge is 0.491 e. The van der Waals surface area contributed by atoms with Crippen molar-refractivity contribution in [2.75, 3.05) is 40.5 Å². The molecule has 0 aromatic heterocycles. The van der Waals surface area contributed by atoms with Crippen LogP contribution in [0, 0.1) is 11.8 Å². The van der Waals surface area contributed by atoms with Crippen LogP contribution in [-0.2, 0) is 4.74 Å². The second-order valence-corrected chi connectivity index (χ2v) is 7.31. The molecule has 0 amide bonds. The van der Waals surface area contributed by atoms with Crippen molar-refractivity contribution in [2.45, 2.75) is 40.0 Å². The molecule has 0 N–H and O–H groups in total. The number of hydrogen-bond acceptors (Lipinski definition) is 3. The molecule has 0 spiro atoms. The van der Waals surface area contributed by atoms with Gasteiger partial charge in [0.15, 0.2) is 0 Å². The van der Waals surface area contributed by atoms with Crippen molar-refractivity contribution in [3.05, 3.63) is 29.8 Å². The van der Waals surface area contributed by atoms with E-state index in [2.05, 4.69) is 56.9 Å². The molecule has 0 bridgehead atoms. The molecule has 0 aliphatic carbocycles. The lowest BCUT2D eigenvalue weighted by Gasteiger charge is -2.23. The second-order valence-electron chi connectivity index (χ2n) is 7.31. The van der Waals surface area contributed by atoms with Crippen LogP contribution in [0.3, 0.4) is 0 Å². The first-order valence-electron chi connectivity index (χ1n) is 8.85. The van der Waals surface area contributed by atoms with Gasteiger partial charge in [-0.3, -0.25) is 0 Å². The van der Waals surface area contributed by atoms with E-state index >= 15 is 0 Å². The molecule has 1 unspecified atom stereocenters. The molecule has 0 aliphatic rings. The van der Waals surface area contributed by atoms with Gasteiger partial charge in [0.05, 0.1) is 13.2 Å². The van der Waals surface area contributed by atoms with Crippen molar-refractivity contribution in [3.8, 4) is 5.75 Å². The van der Waals surface area contributed by atoms with Gasteiger partial charge in [0, 0.05) is 6.54 Å². The van der Waals surface area contributed by atoms with Crippen LogP contribution in [0.5, 0.6) is 5.75 Å². The number of rotatable bonds is 11. The highest BCUT2D eigenvalue weighted by Gasteiger charge is 2.17. The van der Waals surface area contributed by atoms with Crippen LogP contribution in [0.25, 0.3) is 0 Å². The van der Waals surface area contributed by atoms with E-state index in [9.17, 15) is 0 Å². The number of ether oxygens (including phenoxy) is 2. The molecule has 1 rings (SSSR count). The maximum Gasteiger partial charge on any atom is 0.119 e. The second kappa shape index (κ2) is 10.7. The van der Waals surface area contributed by atoms with Crippen LogP contribution in [0.15, 0.2) is 24.3 Å². The third-order valence-electron chi connectivity index (χ3n) is 4.02. The molecule has 0 fully saturated rings. The first kappa shape index (κ1) is 20.0. The van der Waals surface area contributed by atoms with Crippen LogP contribution >= 0.6 is 0 Å². The Morgan fingerprint density at radius 1 is 0.913 bits per heavy atom. The lowest BCUT2D eigenvalue weighted by molar-refractivity contribution is 0.0890. The molecule has 23 heavy (non-hydrogen) atoms. The fraction of sp³-hybridized carbons (Fsp3) is 0.700. The van der Waals surface area contributed by atoms with Crippen LogP contribution in [0.4, 0.5) is 0 Å². The Labute approximate surface area is 143 Å². The summed E-state index contributed by atoms with van der Waals surface area (Å²) in [6, 6.07) is 8.61. The fourth-order valence-electron chi connectivity index (χ4n) is 2.68. The summed E-state index contributed by atoms with van der Waals surface area (Å²) in [6.45, 7) is 12.1. The van der Waals surface area contributed by atoms with Gasteiger partial charge in [-0.25, -0.2) is 0 Å². The van der Waals surface area contributed by atoms with E-state index in [4.69, 9.17) is 9.47 Å². The summed E-state index contributed by atoms with van der Waals surface area (Å²) in [7, 11) is 4.09. The SMILES string of the molecule is CC(C)CC(c1ccc(OCCOCCN(C)C)cc1)C(C)C. The number of likely N-dealkylation sites (N-methyl/N-ethyl adjacent to an activating group) is 1. The Hall–Kier alpha value is -1.06. The average molecular weight is 322 g/mol. The highest BCUT2D eigenvalue weighted by Crippen LogP contribution is 2.31. The van der Waals surface area contributed by atoms with E-state index in [-0.39, 0.29) is 0 Å². The maximum atomic E-state index is 5.75. The topological polar surface area (TPSA) is 21.7 Å². The molecule has 3 nitrogen and oxygen atoms in total.